The van der Waals surface area contributed by atoms with Crippen LogP contribution in [0, 0.1) is 0 Å². The highest BCUT2D eigenvalue weighted by molar-refractivity contribution is 7.92. The van der Waals surface area contributed by atoms with Crippen molar-refractivity contribution in [2.45, 2.75) is 51.5 Å². The summed E-state index contributed by atoms with van der Waals surface area (Å²) in [7, 11) is -3.61. The van der Waals surface area contributed by atoms with Gasteiger partial charge in [0.05, 0.1) is 11.9 Å². The Morgan fingerprint density at radius 3 is 2.50 bits per heavy atom. The lowest BCUT2D eigenvalue weighted by Crippen LogP contribution is -2.49. The zero-order valence-corrected chi connectivity index (χ0v) is 16.9. The van der Waals surface area contributed by atoms with Gasteiger partial charge >= 0.3 is 0 Å². The van der Waals surface area contributed by atoms with Crippen molar-refractivity contribution < 1.29 is 13.2 Å². The van der Waals surface area contributed by atoms with Crippen molar-refractivity contribution in [2.24, 2.45) is 0 Å². The highest BCUT2D eigenvalue weighted by Crippen LogP contribution is 2.24. The molecule has 0 spiro atoms. The number of nitrogens with zero attached hydrogens (tertiary/aromatic N) is 1. The molecule has 7 heteroatoms. The van der Waals surface area contributed by atoms with Gasteiger partial charge in [-0.15, -0.1) is 0 Å². The molecule has 1 aromatic rings. The molecule has 1 aliphatic carbocycles. The van der Waals surface area contributed by atoms with Crippen molar-refractivity contribution in [3.05, 3.63) is 40.9 Å². The molecule has 2 rings (SSSR count). The molecule has 1 aliphatic rings. The third-order valence-electron chi connectivity index (χ3n) is 4.54. The average Bonchev–Trinajstić information content (AvgIpc) is 2.60. The van der Waals surface area contributed by atoms with Gasteiger partial charge in [-0.3, -0.25) is 9.10 Å². The van der Waals surface area contributed by atoms with Crippen molar-refractivity contribution in [2.75, 3.05) is 17.1 Å². The van der Waals surface area contributed by atoms with Gasteiger partial charge in [-0.05, 0) is 62.8 Å². The Kier molecular flexibility index (Phi) is 7.53. The van der Waals surface area contributed by atoms with Crippen molar-refractivity contribution >= 4 is 33.2 Å². The number of anilines is 1. The van der Waals surface area contributed by atoms with Gasteiger partial charge in [-0.2, -0.15) is 0 Å². The van der Waals surface area contributed by atoms with Crippen LogP contribution in [0.5, 0.6) is 0 Å². The standard InChI is InChI=1S/C19H27ClN2O3S/c1-3-18(19(23)21-14-13-15-7-5-4-6-8-15)22(26(2,24)25)17-11-9-16(20)10-12-17/h7,9-12,18H,3-6,8,13-14H2,1-2H3,(H,21,23)/t18-/m0/s1. The van der Waals surface area contributed by atoms with Crippen LogP contribution in [0.2, 0.25) is 5.02 Å². The first kappa shape index (κ1) is 20.8. The Bertz CT molecular complexity index is 745. The second-order valence-corrected chi connectivity index (χ2v) is 8.90. The quantitative estimate of drug-likeness (QED) is 0.675. The van der Waals surface area contributed by atoms with Crippen LogP contribution in [0.15, 0.2) is 35.9 Å². The molecule has 0 aliphatic heterocycles. The highest BCUT2D eigenvalue weighted by Gasteiger charge is 2.31. The predicted octanol–water partition coefficient (Wildman–Crippen LogP) is 3.89. The van der Waals surface area contributed by atoms with Gasteiger partial charge in [0, 0.05) is 11.6 Å². The molecule has 0 fully saturated rings. The maximum absolute atomic E-state index is 12.7. The molecular formula is C19H27ClN2O3S. The van der Waals surface area contributed by atoms with E-state index in [-0.39, 0.29) is 5.91 Å². The summed E-state index contributed by atoms with van der Waals surface area (Å²) in [4.78, 5) is 12.7. The van der Waals surface area contributed by atoms with Gasteiger partial charge in [-0.25, -0.2) is 8.42 Å². The van der Waals surface area contributed by atoms with Crippen LogP contribution < -0.4 is 9.62 Å². The zero-order chi connectivity index (χ0) is 19.2. The van der Waals surface area contributed by atoms with E-state index < -0.39 is 16.1 Å². The van der Waals surface area contributed by atoms with E-state index in [4.69, 9.17) is 11.6 Å². The van der Waals surface area contributed by atoms with Crippen LogP contribution in [-0.2, 0) is 14.8 Å². The number of sulfonamides is 1. The lowest BCUT2D eigenvalue weighted by Gasteiger charge is -2.30. The Labute approximate surface area is 161 Å². The maximum atomic E-state index is 12.7. The number of benzene rings is 1. The molecule has 144 valence electrons. The number of halogens is 1. The summed E-state index contributed by atoms with van der Waals surface area (Å²) in [6.07, 6.45) is 9.21. The highest BCUT2D eigenvalue weighted by atomic mass is 35.5. The zero-order valence-electron chi connectivity index (χ0n) is 15.4. The van der Waals surface area contributed by atoms with E-state index in [0.29, 0.717) is 23.7 Å². The van der Waals surface area contributed by atoms with E-state index in [1.165, 1.54) is 22.7 Å². The summed E-state index contributed by atoms with van der Waals surface area (Å²) >= 11 is 5.90. The molecule has 0 heterocycles. The van der Waals surface area contributed by atoms with Crippen LogP contribution in [0.1, 0.15) is 45.4 Å². The second kappa shape index (κ2) is 9.42. The Hall–Kier alpha value is -1.53. The Morgan fingerprint density at radius 2 is 1.96 bits per heavy atom. The number of rotatable bonds is 8. The number of amides is 1. The number of nitrogens with one attached hydrogen (secondary N) is 1. The Morgan fingerprint density at radius 1 is 1.27 bits per heavy atom. The van der Waals surface area contributed by atoms with Gasteiger partial charge in [-0.1, -0.05) is 30.2 Å². The normalized spacial score (nSPS) is 15.9. The van der Waals surface area contributed by atoms with Crippen molar-refractivity contribution in [1.29, 1.82) is 0 Å². The van der Waals surface area contributed by atoms with Crippen molar-refractivity contribution in [3.8, 4) is 0 Å². The van der Waals surface area contributed by atoms with E-state index in [9.17, 15) is 13.2 Å². The average molecular weight is 399 g/mol. The smallest absolute Gasteiger partial charge is 0.243 e. The topological polar surface area (TPSA) is 66.5 Å². The molecular weight excluding hydrogens is 372 g/mol. The SMILES string of the molecule is CC[C@@H](C(=O)NCCC1=CCCCC1)N(c1ccc(Cl)cc1)S(C)(=O)=O. The molecule has 0 radical (unpaired) electrons. The predicted molar refractivity (Wildman–Crippen MR) is 107 cm³/mol. The molecule has 5 nitrogen and oxygen atoms in total. The first-order valence-corrected chi connectivity index (χ1v) is 11.3. The number of allylic oxidation sites excluding steroid dienone is 1. The summed E-state index contributed by atoms with van der Waals surface area (Å²) in [5.41, 5.74) is 1.82. The van der Waals surface area contributed by atoms with Gasteiger partial charge in [0.2, 0.25) is 15.9 Å². The summed E-state index contributed by atoms with van der Waals surface area (Å²) in [6, 6.07) is 5.69. The fraction of sp³-hybridized carbons (Fsp3) is 0.526. The molecule has 1 atom stereocenters. The van der Waals surface area contributed by atoms with E-state index in [2.05, 4.69) is 11.4 Å². The van der Waals surface area contributed by atoms with Gasteiger partial charge in [0.1, 0.15) is 6.04 Å². The third-order valence-corrected chi connectivity index (χ3v) is 5.97. The first-order chi connectivity index (χ1) is 12.3. The maximum Gasteiger partial charge on any atom is 0.243 e. The van der Waals surface area contributed by atoms with Crippen LogP contribution in [0.3, 0.4) is 0 Å². The summed E-state index contributed by atoms with van der Waals surface area (Å²) in [5.74, 6) is -0.274. The summed E-state index contributed by atoms with van der Waals surface area (Å²) in [6.45, 7) is 2.33. The minimum atomic E-state index is -3.61. The molecule has 0 unspecified atom stereocenters. The molecule has 26 heavy (non-hydrogen) atoms. The lowest BCUT2D eigenvalue weighted by molar-refractivity contribution is -0.122. The largest absolute Gasteiger partial charge is 0.354 e. The van der Waals surface area contributed by atoms with Crippen molar-refractivity contribution in [3.63, 3.8) is 0 Å². The van der Waals surface area contributed by atoms with Gasteiger partial charge in [0.15, 0.2) is 0 Å². The molecule has 1 aromatic carbocycles. The third kappa shape index (κ3) is 5.74. The number of hydrogen-bond donors (Lipinski definition) is 1. The minimum absolute atomic E-state index is 0.274. The summed E-state index contributed by atoms with van der Waals surface area (Å²) in [5, 5.41) is 3.42. The molecule has 0 bridgehead atoms. The lowest BCUT2D eigenvalue weighted by atomic mass is 9.97. The number of hydrogen-bond acceptors (Lipinski definition) is 3. The summed E-state index contributed by atoms with van der Waals surface area (Å²) < 4.78 is 25.9. The first-order valence-electron chi connectivity index (χ1n) is 9.03. The van der Waals surface area contributed by atoms with E-state index in [0.717, 1.165) is 25.5 Å². The van der Waals surface area contributed by atoms with Crippen LogP contribution >= 0.6 is 11.6 Å². The minimum Gasteiger partial charge on any atom is -0.354 e. The second-order valence-electron chi connectivity index (χ2n) is 6.61. The molecule has 0 aromatic heterocycles. The molecule has 1 N–H and O–H groups in total. The molecule has 1 amide bonds. The molecule has 0 saturated carbocycles. The van der Waals surface area contributed by atoms with Gasteiger partial charge < -0.3 is 5.32 Å². The van der Waals surface area contributed by atoms with Crippen LogP contribution in [0.4, 0.5) is 5.69 Å². The Balaban J connectivity index is 2.09. The molecule has 0 saturated heterocycles. The number of carbonyl (C=O) groups excluding carboxylic acids is 1. The fourth-order valence-corrected chi connectivity index (χ4v) is 4.58. The van der Waals surface area contributed by atoms with Gasteiger partial charge in [0.25, 0.3) is 0 Å². The monoisotopic (exact) mass is 398 g/mol. The van der Waals surface area contributed by atoms with E-state index in [1.807, 2.05) is 6.92 Å². The van der Waals surface area contributed by atoms with Crippen LogP contribution in [-0.4, -0.2) is 33.2 Å². The number of carbonyl (C=O) groups is 1. The van der Waals surface area contributed by atoms with Crippen molar-refractivity contribution in [1.82, 2.24) is 5.32 Å². The van der Waals surface area contributed by atoms with E-state index >= 15 is 0 Å². The fourth-order valence-electron chi connectivity index (χ4n) is 3.24. The van der Waals surface area contributed by atoms with E-state index in [1.54, 1.807) is 24.3 Å². The van der Waals surface area contributed by atoms with Crippen LogP contribution in [0.25, 0.3) is 0 Å².